The molecule has 1 amide bonds. The molecule has 2 saturated heterocycles. The number of para-hydroxylation sites is 2. The Kier molecular flexibility index (Phi) is 13.6. The Bertz CT molecular complexity index is 1880. The lowest BCUT2D eigenvalue weighted by atomic mass is 9.76. The molecule has 1 unspecified atom stereocenters. The van der Waals surface area contributed by atoms with Gasteiger partial charge in [0.2, 0.25) is 11.7 Å². The van der Waals surface area contributed by atoms with E-state index in [0.717, 1.165) is 68.8 Å². The molecule has 6 rings (SSSR count). The number of nitrogens with one attached hydrogen (secondary N) is 1. The highest BCUT2D eigenvalue weighted by Crippen LogP contribution is 2.41. The zero-order valence-electron chi connectivity index (χ0n) is 31.4. The van der Waals surface area contributed by atoms with E-state index in [9.17, 15) is 13.2 Å². The standard InChI is InChI=1S/C38H49N5O5.CH4O3S/c1-5-48-24-23-43-32-14-10-9-13-31(32)40-37(43)39-30-15-19-41(20-16-30)21-17-38(29-11-7-6-8-12-29)18-22-42(27-38)36(44)28-25-33(45-2)35(47-4)34(26-28)46-3;1-5(2,3)4/h6-14,25-26,30H,5,15-24,27H2,1-4H3,(H,39,40);1H3,(H,2,3,4). The Morgan fingerprint density at radius 1 is 0.943 bits per heavy atom. The van der Waals surface area contributed by atoms with Crippen molar-refractivity contribution in [3.63, 3.8) is 0 Å². The first-order chi connectivity index (χ1) is 25.5. The topological polar surface area (TPSA) is 145 Å². The zero-order valence-corrected chi connectivity index (χ0v) is 32.2. The van der Waals surface area contributed by atoms with Crippen LogP contribution in [0.1, 0.15) is 48.5 Å². The number of imidazole rings is 1. The minimum absolute atomic E-state index is 0.0220. The first-order valence-corrected chi connectivity index (χ1v) is 19.9. The summed E-state index contributed by atoms with van der Waals surface area (Å²) in [5, 5.41) is 3.77. The van der Waals surface area contributed by atoms with E-state index in [1.807, 2.05) is 17.9 Å². The number of likely N-dealkylation sites (tertiary alicyclic amines) is 2. The molecular formula is C39H53N5O8S. The number of piperidine rings is 1. The maximum atomic E-state index is 13.9. The number of fused-ring (bicyclic) bond motifs is 1. The van der Waals surface area contributed by atoms with Gasteiger partial charge in [0.25, 0.3) is 16.0 Å². The maximum absolute atomic E-state index is 13.9. The molecule has 14 heteroatoms. The third-order valence-electron chi connectivity index (χ3n) is 10.1. The summed E-state index contributed by atoms with van der Waals surface area (Å²) in [6.07, 6.45) is 4.73. The second kappa shape index (κ2) is 18.1. The van der Waals surface area contributed by atoms with Crippen LogP contribution in [0, 0.1) is 0 Å². The fraction of sp³-hybridized carbons (Fsp3) is 0.487. The fourth-order valence-electron chi connectivity index (χ4n) is 7.38. The third-order valence-corrected chi connectivity index (χ3v) is 10.1. The van der Waals surface area contributed by atoms with E-state index < -0.39 is 10.1 Å². The van der Waals surface area contributed by atoms with Crippen molar-refractivity contribution in [3.05, 3.63) is 77.9 Å². The highest BCUT2D eigenvalue weighted by Gasteiger charge is 2.42. The number of anilines is 1. The van der Waals surface area contributed by atoms with Crippen LogP contribution in [0.2, 0.25) is 0 Å². The second-order valence-corrected chi connectivity index (χ2v) is 15.0. The maximum Gasteiger partial charge on any atom is 0.261 e. The van der Waals surface area contributed by atoms with Crippen molar-refractivity contribution >= 4 is 33.0 Å². The Labute approximate surface area is 312 Å². The van der Waals surface area contributed by atoms with Gasteiger partial charge >= 0.3 is 0 Å². The number of aromatic nitrogens is 2. The molecule has 13 nitrogen and oxygen atoms in total. The number of hydrogen-bond donors (Lipinski definition) is 2. The molecule has 288 valence electrons. The van der Waals surface area contributed by atoms with Crippen LogP contribution in [0.3, 0.4) is 0 Å². The van der Waals surface area contributed by atoms with Gasteiger partial charge in [0, 0.05) is 56.4 Å². The van der Waals surface area contributed by atoms with Crippen LogP contribution in [0.25, 0.3) is 11.0 Å². The third kappa shape index (κ3) is 10.2. The van der Waals surface area contributed by atoms with Crippen molar-refractivity contribution in [2.24, 2.45) is 0 Å². The fourth-order valence-corrected chi connectivity index (χ4v) is 7.38. The van der Waals surface area contributed by atoms with Crippen LogP contribution in [-0.4, -0.2) is 118 Å². The molecule has 2 fully saturated rings. The lowest BCUT2D eigenvalue weighted by Crippen LogP contribution is -2.42. The summed E-state index contributed by atoms with van der Waals surface area (Å²) in [6, 6.07) is 22.9. The SMILES string of the molecule is CCOCCn1c(NC2CCN(CCC3(c4ccccc4)CCN(C(=O)c4cc(OC)c(OC)c(OC)c4)C3)CC2)nc2ccccc21.CS(=O)(=O)O. The van der Waals surface area contributed by atoms with Gasteiger partial charge in [0.1, 0.15) is 0 Å². The average molecular weight is 752 g/mol. The Hall–Kier alpha value is -4.37. The Morgan fingerprint density at radius 2 is 1.58 bits per heavy atom. The van der Waals surface area contributed by atoms with Crippen molar-refractivity contribution < 1.29 is 36.7 Å². The number of carbonyl (C=O) groups is 1. The van der Waals surface area contributed by atoms with Crippen molar-refractivity contribution in [1.82, 2.24) is 19.4 Å². The van der Waals surface area contributed by atoms with Crippen LogP contribution in [0.15, 0.2) is 66.7 Å². The van der Waals surface area contributed by atoms with Gasteiger partial charge in [0.05, 0.1) is 45.2 Å². The molecule has 0 aliphatic carbocycles. The molecule has 0 spiro atoms. The van der Waals surface area contributed by atoms with Gasteiger partial charge < -0.3 is 38.6 Å². The smallest absolute Gasteiger partial charge is 0.261 e. The number of amides is 1. The minimum Gasteiger partial charge on any atom is -0.493 e. The molecule has 2 aliphatic heterocycles. The summed E-state index contributed by atoms with van der Waals surface area (Å²) < 4.78 is 50.3. The van der Waals surface area contributed by atoms with Crippen LogP contribution < -0.4 is 19.5 Å². The minimum atomic E-state index is -3.67. The second-order valence-electron chi connectivity index (χ2n) is 13.6. The predicted molar refractivity (Wildman–Crippen MR) is 206 cm³/mol. The number of methoxy groups -OCH3 is 3. The number of carbonyl (C=O) groups excluding carboxylic acids is 1. The summed E-state index contributed by atoms with van der Waals surface area (Å²) >= 11 is 0. The molecule has 0 bridgehead atoms. The molecular weight excluding hydrogens is 699 g/mol. The van der Waals surface area contributed by atoms with Gasteiger partial charge in [-0.2, -0.15) is 8.42 Å². The van der Waals surface area contributed by atoms with Crippen LogP contribution in [-0.2, 0) is 26.8 Å². The normalized spacial score (nSPS) is 18.0. The van der Waals surface area contributed by atoms with E-state index in [2.05, 4.69) is 63.3 Å². The monoisotopic (exact) mass is 751 g/mol. The highest BCUT2D eigenvalue weighted by molar-refractivity contribution is 7.85. The van der Waals surface area contributed by atoms with E-state index in [-0.39, 0.29) is 11.3 Å². The number of nitrogens with zero attached hydrogens (tertiary/aromatic N) is 4. The highest BCUT2D eigenvalue weighted by atomic mass is 32.2. The number of hydrogen-bond acceptors (Lipinski definition) is 10. The molecule has 1 atom stereocenters. The van der Waals surface area contributed by atoms with E-state index >= 15 is 0 Å². The molecule has 2 N–H and O–H groups in total. The molecule has 2 aliphatic rings. The van der Waals surface area contributed by atoms with Crippen LogP contribution in [0.5, 0.6) is 17.2 Å². The van der Waals surface area contributed by atoms with Crippen LogP contribution in [0.4, 0.5) is 5.95 Å². The zero-order chi connectivity index (χ0) is 38.0. The quantitative estimate of drug-likeness (QED) is 0.127. The molecule has 1 aromatic heterocycles. The first-order valence-electron chi connectivity index (χ1n) is 18.1. The first kappa shape index (κ1) is 39.8. The van der Waals surface area contributed by atoms with Crippen LogP contribution >= 0.6 is 0 Å². The van der Waals surface area contributed by atoms with Gasteiger partial charge in [0.15, 0.2) is 11.5 Å². The van der Waals surface area contributed by atoms with Gasteiger partial charge in [-0.1, -0.05) is 42.5 Å². The summed E-state index contributed by atoms with van der Waals surface area (Å²) in [5.74, 6) is 2.35. The number of benzene rings is 3. The van der Waals surface area contributed by atoms with Gasteiger partial charge in [-0.3, -0.25) is 9.35 Å². The molecule has 3 heterocycles. The Balaban J connectivity index is 0.00000101. The van der Waals surface area contributed by atoms with Crippen molar-refractivity contribution in [2.45, 2.75) is 50.6 Å². The van der Waals surface area contributed by atoms with Gasteiger partial charge in [-0.15, -0.1) is 0 Å². The molecule has 0 radical (unpaired) electrons. The van der Waals surface area contributed by atoms with E-state index in [4.69, 9.17) is 28.5 Å². The van der Waals surface area contributed by atoms with Gasteiger partial charge in [-0.25, -0.2) is 4.98 Å². The van der Waals surface area contributed by atoms with Crippen molar-refractivity contribution in [2.75, 3.05) is 78.8 Å². The summed E-state index contributed by atoms with van der Waals surface area (Å²) in [5.41, 5.74) is 3.87. The number of rotatable bonds is 14. The molecule has 4 aromatic rings. The predicted octanol–water partition coefficient (Wildman–Crippen LogP) is 5.35. The van der Waals surface area contributed by atoms with Crippen molar-refractivity contribution in [1.29, 1.82) is 0 Å². The van der Waals surface area contributed by atoms with E-state index in [0.29, 0.717) is 61.4 Å². The Morgan fingerprint density at radius 3 is 2.21 bits per heavy atom. The summed E-state index contributed by atoms with van der Waals surface area (Å²) in [7, 11) is 1.04. The van der Waals surface area contributed by atoms with Gasteiger partial charge in [-0.05, 0) is 69.0 Å². The van der Waals surface area contributed by atoms with E-state index in [1.165, 1.54) is 5.56 Å². The molecule has 3 aromatic carbocycles. The summed E-state index contributed by atoms with van der Waals surface area (Å²) in [4.78, 5) is 23.4. The lowest BCUT2D eigenvalue weighted by molar-refractivity contribution is 0.0779. The number of ether oxygens (including phenoxy) is 4. The summed E-state index contributed by atoms with van der Waals surface area (Å²) in [6.45, 7) is 8.58. The molecule has 53 heavy (non-hydrogen) atoms. The largest absolute Gasteiger partial charge is 0.493 e. The average Bonchev–Trinajstić information content (AvgIpc) is 3.75. The van der Waals surface area contributed by atoms with E-state index in [1.54, 1.807) is 33.5 Å². The molecule has 0 saturated carbocycles. The lowest BCUT2D eigenvalue weighted by Gasteiger charge is -2.36. The van der Waals surface area contributed by atoms with Crippen molar-refractivity contribution in [3.8, 4) is 17.2 Å².